The van der Waals surface area contributed by atoms with Crippen LogP contribution >= 0.6 is 0 Å². The molecule has 1 fully saturated rings. The Morgan fingerprint density at radius 2 is 2.05 bits per heavy atom. The number of aromatic nitrogens is 2. The Morgan fingerprint density at radius 3 is 2.79 bits per heavy atom. The molecule has 0 spiro atoms. The molecular weight excluding hydrogens is 247 g/mol. The standard InChI is InChI=1S/C13H15FN4O/c14-9-1-2-10(12(19)7-9)13-11(8-16-17-13)18-5-3-15-4-6-18/h1-2,7-8,15,19H,3-6H2,(H,16,17). The first-order valence-electron chi connectivity index (χ1n) is 6.24. The van der Waals surface area contributed by atoms with Crippen LogP contribution in [-0.2, 0) is 0 Å². The summed E-state index contributed by atoms with van der Waals surface area (Å²) >= 11 is 0. The number of hydrogen-bond acceptors (Lipinski definition) is 4. The molecule has 0 unspecified atom stereocenters. The van der Waals surface area contributed by atoms with Crippen LogP contribution in [0.1, 0.15) is 0 Å². The van der Waals surface area contributed by atoms with Crippen LogP contribution in [0.4, 0.5) is 10.1 Å². The molecule has 0 saturated carbocycles. The van der Waals surface area contributed by atoms with Crippen molar-refractivity contribution < 1.29 is 9.50 Å². The van der Waals surface area contributed by atoms with Crippen molar-refractivity contribution in [1.29, 1.82) is 0 Å². The number of anilines is 1. The van der Waals surface area contributed by atoms with Gasteiger partial charge in [0.15, 0.2) is 0 Å². The Balaban J connectivity index is 1.99. The molecule has 6 heteroatoms. The fourth-order valence-electron chi connectivity index (χ4n) is 2.33. The van der Waals surface area contributed by atoms with E-state index in [-0.39, 0.29) is 5.75 Å². The molecule has 0 radical (unpaired) electrons. The molecule has 0 bridgehead atoms. The van der Waals surface area contributed by atoms with Crippen LogP contribution in [0.2, 0.25) is 0 Å². The zero-order chi connectivity index (χ0) is 13.2. The zero-order valence-electron chi connectivity index (χ0n) is 10.4. The Labute approximate surface area is 110 Å². The number of nitrogens with one attached hydrogen (secondary N) is 2. The molecule has 100 valence electrons. The van der Waals surface area contributed by atoms with Crippen LogP contribution in [0.15, 0.2) is 24.4 Å². The van der Waals surface area contributed by atoms with E-state index in [2.05, 4.69) is 20.4 Å². The SMILES string of the molecule is Oc1cc(F)ccc1-c1n[nH]cc1N1CCNCC1. The van der Waals surface area contributed by atoms with Crippen LogP contribution in [0.25, 0.3) is 11.3 Å². The Bertz CT molecular complexity index is 578. The van der Waals surface area contributed by atoms with Gasteiger partial charge in [0.05, 0.1) is 5.69 Å². The monoisotopic (exact) mass is 262 g/mol. The van der Waals surface area contributed by atoms with E-state index in [1.165, 1.54) is 6.07 Å². The summed E-state index contributed by atoms with van der Waals surface area (Å²) in [6.07, 6.45) is 1.81. The normalized spacial score (nSPS) is 15.7. The third-order valence-electron chi connectivity index (χ3n) is 3.29. The van der Waals surface area contributed by atoms with Gasteiger partial charge in [-0.3, -0.25) is 5.10 Å². The number of phenols is 1. The highest BCUT2D eigenvalue weighted by atomic mass is 19.1. The average molecular weight is 262 g/mol. The van der Waals surface area contributed by atoms with E-state index in [0.29, 0.717) is 11.3 Å². The van der Waals surface area contributed by atoms with E-state index in [1.54, 1.807) is 6.07 Å². The number of nitrogens with zero attached hydrogens (tertiary/aromatic N) is 2. The summed E-state index contributed by atoms with van der Waals surface area (Å²) in [5.74, 6) is -0.552. The Kier molecular flexibility index (Phi) is 3.08. The van der Waals surface area contributed by atoms with Gasteiger partial charge in [0.1, 0.15) is 17.3 Å². The quantitative estimate of drug-likeness (QED) is 0.764. The number of aromatic hydroxyl groups is 1. The van der Waals surface area contributed by atoms with Crippen molar-refractivity contribution in [1.82, 2.24) is 15.5 Å². The molecular formula is C13H15FN4O. The van der Waals surface area contributed by atoms with Gasteiger partial charge >= 0.3 is 0 Å². The first kappa shape index (κ1) is 12.0. The van der Waals surface area contributed by atoms with Crippen molar-refractivity contribution in [2.45, 2.75) is 0 Å². The van der Waals surface area contributed by atoms with Crippen LogP contribution in [0.3, 0.4) is 0 Å². The molecule has 0 atom stereocenters. The molecule has 1 aromatic carbocycles. The molecule has 19 heavy (non-hydrogen) atoms. The van der Waals surface area contributed by atoms with Crippen molar-refractivity contribution in [2.24, 2.45) is 0 Å². The minimum Gasteiger partial charge on any atom is -0.507 e. The highest BCUT2D eigenvalue weighted by molar-refractivity contribution is 5.78. The summed E-state index contributed by atoms with van der Waals surface area (Å²) < 4.78 is 13.0. The van der Waals surface area contributed by atoms with Gasteiger partial charge in [0, 0.05) is 44.0 Å². The van der Waals surface area contributed by atoms with Gasteiger partial charge in [-0.2, -0.15) is 5.10 Å². The summed E-state index contributed by atoms with van der Waals surface area (Å²) in [5, 5.41) is 20.1. The Morgan fingerprint density at radius 1 is 1.26 bits per heavy atom. The predicted octanol–water partition coefficient (Wildman–Crippen LogP) is 1.33. The van der Waals surface area contributed by atoms with Crippen LogP contribution in [-0.4, -0.2) is 41.5 Å². The van der Waals surface area contributed by atoms with Gasteiger partial charge in [-0.25, -0.2) is 4.39 Å². The van der Waals surface area contributed by atoms with Crippen molar-refractivity contribution in [3.8, 4) is 17.0 Å². The first-order valence-corrected chi connectivity index (χ1v) is 6.24. The number of phenolic OH excluding ortho intramolecular Hbond substituents is 1. The minimum absolute atomic E-state index is 0.0940. The molecule has 3 N–H and O–H groups in total. The number of piperazine rings is 1. The summed E-state index contributed by atoms with van der Waals surface area (Å²) in [4.78, 5) is 2.19. The number of benzene rings is 1. The largest absolute Gasteiger partial charge is 0.507 e. The third-order valence-corrected chi connectivity index (χ3v) is 3.29. The van der Waals surface area contributed by atoms with E-state index in [4.69, 9.17) is 0 Å². The lowest BCUT2D eigenvalue weighted by atomic mass is 10.1. The molecule has 0 aliphatic carbocycles. The van der Waals surface area contributed by atoms with E-state index >= 15 is 0 Å². The lowest BCUT2D eigenvalue weighted by Gasteiger charge is -2.29. The summed E-state index contributed by atoms with van der Waals surface area (Å²) in [6.45, 7) is 3.60. The van der Waals surface area contributed by atoms with Crippen molar-refractivity contribution >= 4 is 5.69 Å². The molecule has 1 saturated heterocycles. The van der Waals surface area contributed by atoms with Crippen LogP contribution in [0, 0.1) is 5.82 Å². The van der Waals surface area contributed by atoms with Gasteiger partial charge in [-0.1, -0.05) is 0 Å². The molecule has 1 aliphatic heterocycles. The number of hydrogen-bond donors (Lipinski definition) is 3. The molecule has 5 nitrogen and oxygen atoms in total. The molecule has 2 aromatic rings. The number of aromatic amines is 1. The van der Waals surface area contributed by atoms with E-state index in [0.717, 1.165) is 37.9 Å². The second-order valence-corrected chi connectivity index (χ2v) is 4.52. The molecule has 3 rings (SSSR count). The summed E-state index contributed by atoms with van der Waals surface area (Å²) in [5.41, 5.74) is 2.12. The molecule has 2 heterocycles. The van der Waals surface area contributed by atoms with Crippen molar-refractivity contribution in [3.63, 3.8) is 0 Å². The highest BCUT2D eigenvalue weighted by Crippen LogP contribution is 2.34. The van der Waals surface area contributed by atoms with Gasteiger partial charge in [-0.15, -0.1) is 0 Å². The topological polar surface area (TPSA) is 64.2 Å². The second-order valence-electron chi connectivity index (χ2n) is 4.52. The fraction of sp³-hybridized carbons (Fsp3) is 0.308. The van der Waals surface area contributed by atoms with Crippen molar-refractivity contribution in [2.75, 3.05) is 31.1 Å². The number of halogens is 1. The summed E-state index contributed by atoms with van der Waals surface area (Å²) in [6, 6.07) is 3.98. The fourth-order valence-corrected chi connectivity index (χ4v) is 2.33. The third kappa shape index (κ3) is 2.26. The lowest BCUT2D eigenvalue weighted by molar-refractivity contribution is 0.471. The maximum Gasteiger partial charge on any atom is 0.128 e. The van der Waals surface area contributed by atoms with Gasteiger partial charge < -0.3 is 15.3 Å². The summed E-state index contributed by atoms with van der Waals surface area (Å²) in [7, 11) is 0. The second kappa shape index (κ2) is 4.89. The average Bonchev–Trinajstić information content (AvgIpc) is 2.89. The van der Waals surface area contributed by atoms with E-state index in [1.807, 2.05) is 6.20 Å². The van der Waals surface area contributed by atoms with Gasteiger partial charge in [0.2, 0.25) is 0 Å². The smallest absolute Gasteiger partial charge is 0.128 e. The number of rotatable bonds is 2. The molecule has 1 aromatic heterocycles. The van der Waals surface area contributed by atoms with E-state index in [9.17, 15) is 9.50 Å². The number of H-pyrrole nitrogens is 1. The van der Waals surface area contributed by atoms with Gasteiger partial charge in [0.25, 0.3) is 0 Å². The van der Waals surface area contributed by atoms with Gasteiger partial charge in [-0.05, 0) is 12.1 Å². The highest BCUT2D eigenvalue weighted by Gasteiger charge is 2.19. The minimum atomic E-state index is -0.458. The van der Waals surface area contributed by atoms with E-state index < -0.39 is 5.82 Å². The maximum atomic E-state index is 13.0. The molecule has 0 amide bonds. The first-order chi connectivity index (χ1) is 9.25. The van der Waals surface area contributed by atoms with Crippen LogP contribution < -0.4 is 10.2 Å². The predicted molar refractivity (Wildman–Crippen MR) is 70.7 cm³/mol. The maximum absolute atomic E-state index is 13.0. The lowest BCUT2D eigenvalue weighted by Crippen LogP contribution is -2.43. The van der Waals surface area contributed by atoms with Crippen LogP contribution in [0.5, 0.6) is 5.75 Å². The Hall–Kier alpha value is -2.08. The van der Waals surface area contributed by atoms with Crippen molar-refractivity contribution in [3.05, 3.63) is 30.2 Å². The molecule has 1 aliphatic rings. The zero-order valence-corrected chi connectivity index (χ0v) is 10.4.